The molecule has 1 aromatic heterocycles. The highest BCUT2D eigenvalue weighted by molar-refractivity contribution is 5.28. The zero-order valence-corrected chi connectivity index (χ0v) is 11.4. The number of anilines is 1. The van der Waals surface area contributed by atoms with Gasteiger partial charge in [-0.3, -0.25) is 0 Å². The molecule has 2 rings (SSSR count). The van der Waals surface area contributed by atoms with E-state index in [4.69, 9.17) is 0 Å². The van der Waals surface area contributed by atoms with Crippen LogP contribution in [0.15, 0.2) is 6.20 Å². The smallest absolute Gasteiger partial charge is 0.203 e. The fourth-order valence-corrected chi connectivity index (χ4v) is 2.27. The molecule has 3 heteroatoms. The summed E-state index contributed by atoms with van der Waals surface area (Å²) < 4.78 is 2.26. The Labute approximate surface area is 105 Å². The second kappa shape index (κ2) is 5.56. The summed E-state index contributed by atoms with van der Waals surface area (Å²) in [5.74, 6) is 2.80. The van der Waals surface area contributed by atoms with Crippen LogP contribution in [-0.2, 0) is 6.54 Å². The summed E-state index contributed by atoms with van der Waals surface area (Å²) in [5, 5.41) is 3.52. The second-order valence-electron chi connectivity index (χ2n) is 5.45. The number of imidazole rings is 1. The van der Waals surface area contributed by atoms with Gasteiger partial charge in [-0.15, -0.1) is 0 Å². The minimum Gasteiger partial charge on any atom is -0.355 e. The van der Waals surface area contributed by atoms with Gasteiger partial charge in [0, 0.05) is 19.3 Å². The fourth-order valence-electron chi connectivity index (χ4n) is 2.27. The van der Waals surface area contributed by atoms with Crippen molar-refractivity contribution in [2.75, 3.05) is 11.9 Å². The number of aromatic nitrogens is 2. The Kier molecular flexibility index (Phi) is 4.08. The molecule has 1 aromatic rings. The molecule has 1 saturated carbocycles. The van der Waals surface area contributed by atoms with E-state index >= 15 is 0 Å². The maximum atomic E-state index is 4.57. The number of nitrogens with one attached hydrogen (secondary N) is 1. The lowest BCUT2D eigenvalue weighted by atomic mass is 10.1. The van der Waals surface area contributed by atoms with E-state index in [-0.39, 0.29) is 0 Å². The van der Waals surface area contributed by atoms with E-state index in [1.54, 1.807) is 0 Å². The normalized spacial score (nSPS) is 17.1. The quantitative estimate of drug-likeness (QED) is 0.784. The minimum atomic E-state index is 0.784. The molecule has 1 atom stereocenters. The summed E-state index contributed by atoms with van der Waals surface area (Å²) in [6.45, 7) is 8.78. The van der Waals surface area contributed by atoms with Gasteiger partial charge in [0.1, 0.15) is 0 Å². The van der Waals surface area contributed by atoms with Crippen LogP contribution in [0.25, 0.3) is 0 Å². The molecule has 0 radical (unpaired) electrons. The number of hydrogen-bond acceptors (Lipinski definition) is 2. The van der Waals surface area contributed by atoms with Crippen molar-refractivity contribution in [3.63, 3.8) is 0 Å². The van der Waals surface area contributed by atoms with Gasteiger partial charge in [-0.25, -0.2) is 4.98 Å². The van der Waals surface area contributed by atoms with E-state index < -0.39 is 0 Å². The highest BCUT2D eigenvalue weighted by atomic mass is 15.2. The molecule has 0 amide bonds. The standard InChI is InChI=1S/C14H25N3/c1-4-5-8-17-10-12(3)16-14(17)15-9-11(2)13-6-7-13/h10-11,13H,4-9H2,1-3H3,(H,15,16). The average Bonchev–Trinajstić information content (AvgIpc) is 3.08. The largest absolute Gasteiger partial charge is 0.355 e. The maximum Gasteiger partial charge on any atom is 0.203 e. The zero-order chi connectivity index (χ0) is 12.3. The van der Waals surface area contributed by atoms with Crippen molar-refractivity contribution in [3.05, 3.63) is 11.9 Å². The molecule has 0 spiro atoms. The molecule has 1 fully saturated rings. The minimum absolute atomic E-state index is 0.784. The Morgan fingerprint density at radius 3 is 2.94 bits per heavy atom. The molecule has 1 unspecified atom stereocenters. The van der Waals surface area contributed by atoms with Crippen LogP contribution in [0.1, 0.15) is 45.2 Å². The third kappa shape index (κ3) is 3.48. The van der Waals surface area contributed by atoms with E-state index in [0.29, 0.717) is 0 Å². The molecule has 0 aliphatic heterocycles. The monoisotopic (exact) mass is 235 g/mol. The lowest BCUT2D eigenvalue weighted by Gasteiger charge is -2.13. The Bertz CT molecular complexity index is 352. The van der Waals surface area contributed by atoms with Crippen molar-refractivity contribution in [2.24, 2.45) is 11.8 Å². The Morgan fingerprint density at radius 2 is 2.29 bits per heavy atom. The number of nitrogens with zero attached hydrogens (tertiary/aromatic N) is 2. The van der Waals surface area contributed by atoms with Crippen molar-refractivity contribution in [1.29, 1.82) is 0 Å². The van der Waals surface area contributed by atoms with Gasteiger partial charge in [-0.2, -0.15) is 0 Å². The number of hydrogen-bond donors (Lipinski definition) is 1. The van der Waals surface area contributed by atoms with Gasteiger partial charge in [0.25, 0.3) is 0 Å². The van der Waals surface area contributed by atoms with Crippen molar-refractivity contribution >= 4 is 5.95 Å². The van der Waals surface area contributed by atoms with Crippen molar-refractivity contribution in [3.8, 4) is 0 Å². The van der Waals surface area contributed by atoms with Crippen LogP contribution in [0, 0.1) is 18.8 Å². The van der Waals surface area contributed by atoms with Gasteiger partial charge in [-0.05, 0) is 38.0 Å². The first kappa shape index (κ1) is 12.5. The first-order valence-electron chi connectivity index (χ1n) is 6.98. The first-order valence-corrected chi connectivity index (χ1v) is 6.98. The summed E-state index contributed by atoms with van der Waals surface area (Å²) in [4.78, 5) is 4.57. The van der Waals surface area contributed by atoms with Gasteiger partial charge in [-0.1, -0.05) is 20.3 Å². The van der Waals surface area contributed by atoms with Gasteiger partial charge in [0.15, 0.2) is 0 Å². The molecule has 1 N–H and O–H groups in total. The van der Waals surface area contributed by atoms with Gasteiger partial charge in [0.2, 0.25) is 5.95 Å². The lowest BCUT2D eigenvalue weighted by Crippen LogP contribution is -2.16. The lowest BCUT2D eigenvalue weighted by molar-refractivity contribution is 0.531. The molecular weight excluding hydrogens is 210 g/mol. The van der Waals surface area contributed by atoms with E-state index in [1.165, 1.54) is 25.7 Å². The number of unbranched alkanes of at least 4 members (excludes halogenated alkanes) is 1. The van der Waals surface area contributed by atoms with Crippen molar-refractivity contribution in [1.82, 2.24) is 9.55 Å². The zero-order valence-electron chi connectivity index (χ0n) is 11.4. The highest BCUT2D eigenvalue weighted by Gasteiger charge is 2.27. The SMILES string of the molecule is CCCCn1cc(C)nc1NCC(C)C1CC1. The number of aryl methyl sites for hydroxylation is 2. The van der Waals surface area contributed by atoms with Gasteiger partial charge in [0.05, 0.1) is 5.69 Å². The topological polar surface area (TPSA) is 29.9 Å². The number of rotatable bonds is 7. The Hall–Kier alpha value is -0.990. The van der Waals surface area contributed by atoms with Crippen LogP contribution in [0.4, 0.5) is 5.95 Å². The summed E-state index contributed by atoms with van der Waals surface area (Å²) >= 11 is 0. The Balaban J connectivity index is 1.88. The van der Waals surface area contributed by atoms with Crippen molar-refractivity contribution in [2.45, 2.75) is 53.0 Å². The van der Waals surface area contributed by atoms with Gasteiger partial charge >= 0.3 is 0 Å². The maximum absolute atomic E-state index is 4.57. The van der Waals surface area contributed by atoms with Crippen LogP contribution in [-0.4, -0.2) is 16.1 Å². The van der Waals surface area contributed by atoms with Crippen molar-refractivity contribution < 1.29 is 0 Å². The molecule has 0 aromatic carbocycles. The second-order valence-corrected chi connectivity index (χ2v) is 5.45. The molecular formula is C14H25N3. The van der Waals surface area contributed by atoms with Crippen LogP contribution in [0.5, 0.6) is 0 Å². The third-order valence-electron chi connectivity index (χ3n) is 3.66. The molecule has 17 heavy (non-hydrogen) atoms. The van der Waals surface area contributed by atoms with E-state index in [9.17, 15) is 0 Å². The van der Waals surface area contributed by atoms with E-state index in [1.807, 2.05) is 0 Å². The van der Waals surface area contributed by atoms with Crippen LogP contribution < -0.4 is 5.32 Å². The fraction of sp³-hybridized carbons (Fsp3) is 0.786. The first-order chi connectivity index (χ1) is 8.20. The molecule has 0 bridgehead atoms. The van der Waals surface area contributed by atoms with E-state index in [0.717, 1.165) is 36.6 Å². The molecule has 1 heterocycles. The van der Waals surface area contributed by atoms with Crippen LogP contribution in [0.3, 0.4) is 0 Å². The predicted octanol–water partition coefficient (Wildman–Crippen LogP) is 3.45. The summed E-state index contributed by atoms with van der Waals surface area (Å²) in [6, 6.07) is 0. The Morgan fingerprint density at radius 1 is 1.53 bits per heavy atom. The molecule has 1 aliphatic rings. The van der Waals surface area contributed by atoms with E-state index in [2.05, 4.69) is 41.8 Å². The average molecular weight is 235 g/mol. The predicted molar refractivity (Wildman–Crippen MR) is 72.2 cm³/mol. The molecule has 0 saturated heterocycles. The molecule has 1 aliphatic carbocycles. The highest BCUT2D eigenvalue weighted by Crippen LogP contribution is 2.36. The van der Waals surface area contributed by atoms with Crippen LogP contribution in [0.2, 0.25) is 0 Å². The summed E-state index contributed by atoms with van der Waals surface area (Å²) in [5.41, 5.74) is 1.11. The summed E-state index contributed by atoms with van der Waals surface area (Å²) in [6.07, 6.45) is 7.45. The van der Waals surface area contributed by atoms with Gasteiger partial charge < -0.3 is 9.88 Å². The third-order valence-corrected chi connectivity index (χ3v) is 3.66. The summed E-state index contributed by atoms with van der Waals surface area (Å²) in [7, 11) is 0. The molecule has 96 valence electrons. The molecule has 3 nitrogen and oxygen atoms in total. The van der Waals surface area contributed by atoms with Crippen LogP contribution >= 0.6 is 0 Å².